The fourth-order valence-electron chi connectivity index (χ4n) is 3.04. The third-order valence-corrected chi connectivity index (χ3v) is 3.84. The molecule has 1 aromatic rings. The van der Waals surface area contributed by atoms with E-state index in [9.17, 15) is 4.79 Å². The summed E-state index contributed by atoms with van der Waals surface area (Å²) in [5.74, 6) is 0.474. The van der Waals surface area contributed by atoms with Gasteiger partial charge in [-0.15, -0.1) is 0 Å². The number of ether oxygens (including phenoxy) is 1. The van der Waals surface area contributed by atoms with E-state index in [1.165, 1.54) is 0 Å². The first-order valence-electron chi connectivity index (χ1n) is 6.86. The Bertz CT molecular complexity index is 480. The van der Waals surface area contributed by atoms with Gasteiger partial charge in [0.05, 0.1) is 17.8 Å². The lowest BCUT2D eigenvalue weighted by atomic mass is 9.92. The molecular formula is C14H22N4O2. The normalized spacial score (nSPS) is 23.1. The van der Waals surface area contributed by atoms with E-state index in [2.05, 4.69) is 14.9 Å². The zero-order valence-corrected chi connectivity index (χ0v) is 12.1. The van der Waals surface area contributed by atoms with Crippen molar-refractivity contribution in [1.82, 2.24) is 14.9 Å². The second-order valence-corrected chi connectivity index (χ2v) is 5.42. The Morgan fingerprint density at radius 3 is 3.05 bits per heavy atom. The predicted octanol–water partition coefficient (Wildman–Crippen LogP) is 0.641. The second-order valence-electron chi connectivity index (χ2n) is 5.42. The van der Waals surface area contributed by atoms with Gasteiger partial charge in [-0.3, -0.25) is 9.69 Å². The minimum atomic E-state index is -0.292. The van der Waals surface area contributed by atoms with Crippen LogP contribution in [0.4, 0.5) is 0 Å². The summed E-state index contributed by atoms with van der Waals surface area (Å²) in [5, 5.41) is 0. The molecule has 20 heavy (non-hydrogen) atoms. The van der Waals surface area contributed by atoms with E-state index in [1.807, 2.05) is 13.0 Å². The molecule has 2 N–H and O–H groups in total. The first kappa shape index (κ1) is 14.9. The maximum absolute atomic E-state index is 11.4. The quantitative estimate of drug-likeness (QED) is 0.826. The van der Waals surface area contributed by atoms with E-state index >= 15 is 0 Å². The number of carbonyl (C=O) groups is 1. The van der Waals surface area contributed by atoms with Gasteiger partial charge in [0.15, 0.2) is 0 Å². The summed E-state index contributed by atoms with van der Waals surface area (Å²) in [5.41, 5.74) is 6.09. The van der Waals surface area contributed by atoms with Gasteiger partial charge >= 0.3 is 0 Å². The minimum absolute atomic E-state index is 0.284. The molecule has 0 saturated carbocycles. The number of nitrogens with zero attached hydrogens (tertiary/aromatic N) is 3. The van der Waals surface area contributed by atoms with Crippen LogP contribution in [0.5, 0.6) is 0 Å². The molecule has 1 aromatic heterocycles. The third kappa shape index (κ3) is 3.32. The monoisotopic (exact) mass is 278 g/mol. The molecule has 0 aliphatic carbocycles. The van der Waals surface area contributed by atoms with E-state index in [4.69, 9.17) is 10.5 Å². The largest absolute Gasteiger partial charge is 0.383 e. The summed E-state index contributed by atoms with van der Waals surface area (Å²) < 4.78 is 5.34. The van der Waals surface area contributed by atoms with Gasteiger partial charge in [0.25, 0.3) is 0 Å². The van der Waals surface area contributed by atoms with Gasteiger partial charge in [-0.05, 0) is 32.4 Å². The first-order chi connectivity index (χ1) is 9.55. The van der Waals surface area contributed by atoms with Crippen LogP contribution in [0.3, 0.4) is 0 Å². The van der Waals surface area contributed by atoms with Crippen molar-refractivity contribution >= 4 is 5.91 Å². The molecule has 0 radical (unpaired) electrons. The van der Waals surface area contributed by atoms with E-state index in [0.717, 1.165) is 30.9 Å². The number of primary amides is 1. The maximum atomic E-state index is 11.4. The van der Waals surface area contributed by atoms with Crippen LogP contribution in [0, 0.1) is 6.92 Å². The number of amides is 1. The van der Waals surface area contributed by atoms with Crippen LogP contribution in [0.2, 0.25) is 0 Å². The first-order valence-corrected chi connectivity index (χ1v) is 6.86. The average molecular weight is 278 g/mol. The number of methoxy groups -OCH3 is 1. The zero-order chi connectivity index (χ0) is 14.6. The predicted molar refractivity (Wildman–Crippen MR) is 74.8 cm³/mol. The number of likely N-dealkylation sites (tertiary alicyclic amines) is 1. The van der Waals surface area contributed by atoms with Crippen LogP contribution >= 0.6 is 0 Å². The molecule has 1 atom stereocenters. The highest BCUT2D eigenvalue weighted by Crippen LogP contribution is 2.33. The molecule has 6 heteroatoms. The van der Waals surface area contributed by atoms with Crippen molar-refractivity contribution in [2.45, 2.75) is 38.3 Å². The molecule has 6 nitrogen and oxygen atoms in total. The molecular weight excluding hydrogens is 256 g/mol. The smallest absolute Gasteiger partial charge is 0.219 e. The lowest BCUT2D eigenvalue weighted by Gasteiger charge is -2.37. The second kappa shape index (κ2) is 6.28. The SMILES string of the molecule is COC[C@]1(CC(N)=O)CCCN1Cc1ccnc(C)n1. The van der Waals surface area contributed by atoms with Crippen molar-refractivity contribution in [1.29, 1.82) is 0 Å². The molecule has 0 unspecified atom stereocenters. The zero-order valence-electron chi connectivity index (χ0n) is 12.1. The Balaban J connectivity index is 2.17. The number of nitrogens with two attached hydrogens (primary N) is 1. The van der Waals surface area contributed by atoms with Gasteiger partial charge in [-0.2, -0.15) is 0 Å². The summed E-state index contributed by atoms with van der Waals surface area (Å²) >= 11 is 0. The van der Waals surface area contributed by atoms with E-state index in [1.54, 1.807) is 13.3 Å². The highest BCUT2D eigenvalue weighted by atomic mass is 16.5. The van der Waals surface area contributed by atoms with Crippen molar-refractivity contribution in [3.8, 4) is 0 Å². The Hall–Kier alpha value is -1.53. The van der Waals surface area contributed by atoms with Crippen molar-refractivity contribution in [2.75, 3.05) is 20.3 Å². The molecule has 1 fully saturated rings. The fourth-order valence-corrected chi connectivity index (χ4v) is 3.04. The Morgan fingerprint density at radius 2 is 2.40 bits per heavy atom. The van der Waals surface area contributed by atoms with Crippen LogP contribution in [-0.2, 0) is 16.1 Å². The van der Waals surface area contributed by atoms with E-state index in [0.29, 0.717) is 19.6 Å². The van der Waals surface area contributed by atoms with Crippen LogP contribution in [0.25, 0.3) is 0 Å². The van der Waals surface area contributed by atoms with Gasteiger partial charge < -0.3 is 10.5 Å². The van der Waals surface area contributed by atoms with Crippen molar-refractivity contribution in [3.05, 3.63) is 23.8 Å². The maximum Gasteiger partial charge on any atom is 0.219 e. The molecule has 0 bridgehead atoms. The number of hydrogen-bond donors (Lipinski definition) is 1. The molecule has 1 aliphatic rings. The fraction of sp³-hybridized carbons (Fsp3) is 0.643. The van der Waals surface area contributed by atoms with Gasteiger partial charge in [0.2, 0.25) is 5.91 Å². The third-order valence-electron chi connectivity index (χ3n) is 3.84. The van der Waals surface area contributed by atoms with E-state index < -0.39 is 0 Å². The highest BCUT2D eigenvalue weighted by molar-refractivity contribution is 5.75. The molecule has 2 rings (SSSR count). The molecule has 1 aliphatic heterocycles. The summed E-state index contributed by atoms with van der Waals surface area (Å²) in [4.78, 5) is 22.2. The van der Waals surface area contributed by atoms with Crippen LogP contribution in [0.1, 0.15) is 30.8 Å². The summed E-state index contributed by atoms with van der Waals surface area (Å²) in [6, 6.07) is 1.91. The van der Waals surface area contributed by atoms with Crippen molar-refractivity contribution in [3.63, 3.8) is 0 Å². The van der Waals surface area contributed by atoms with Crippen molar-refractivity contribution in [2.24, 2.45) is 5.73 Å². The molecule has 110 valence electrons. The average Bonchev–Trinajstić information content (AvgIpc) is 2.72. The summed E-state index contributed by atoms with van der Waals surface area (Å²) in [7, 11) is 1.66. The number of rotatable bonds is 6. The van der Waals surface area contributed by atoms with Crippen LogP contribution in [0.15, 0.2) is 12.3 Å². The van der Waals surface area contributed by atoms with Crippen LogP contribution in [-0.4, -0.2) is 46.6 Å². The lowest BCUT2D eigenvalue weighted by Crippen LogP contribution is -2.49. The topological polar surface area (TPSA) is 81.3 Å². The van der Waals surface area contributed by atoms with Gasteiger partial charge in [-0.25, -0.2) is 9.97 Å². The molecule has 0 aromatic carbocycles. The van der Waals surface area contributed by atoms with Gasteiger partial charge in [-0.1, -0.05) is 0 Å². The molecule has 1 saturated heterocycles. The van der Waals surface area contributed by atoms with Crippen molar-refractivity contribution < 1.29 is 9.53 Å². The van der Waals surface area contributed by atoms with Gasteiger partial charge in [0, 0.05) is 26.3 Å². The standard InChI is InChI=1S/C14H22N4O2/c1-11-16-6-4-12(17-11)9-18-7-3-5-14(18,10-20-2)8-13(15)19/h4,6H,3,5,7-10H2,1-2H3,(H2,15,19)/t14-/m1/s1. The Morgan fingerprint density at radius 1 is 1.60 bits per heavy atom. The number of aryl methyl sites for hydroxylation is 1. The molecule has 0 spiro atoms. The minimum Gasteiger partial charge on any atom is -0.383 e. The van der Waals surface area contributed by atoms with Crippen LogP contribution < -0.4 is 5.73 Å². The molecule has 2 heterocycles. The molecule has 1 amide bonds. The Labute approximate surface area is 119 Å². The summed E-state index contributed by atoms with van der Waals surface area (Å²) in [6.07, 6.45) is 4.05. The number of carbonyl (C=O) groups excluding carboxylic acids is 1. The number of aromatic nitrogens is 2. The summed E-state index contributed by atoms with van der Waals surface area (Å²) in [6.45, 7) is 4.01. The lowest BCUT2D eigenvalue weighted by molar-refractivity contribution is -0.121. The Kier molecular flexibility index (Phi) is 4.67. The van der Waals surface area contributed by atoms with E-state index in [-0.39, 0.29) is 11.4 Å². The van der Waals surface area contributed by atoms with Gasteiger partial charge in [0.1, 0.15) is 5.82 Å². The highest BCUT2D eigenvalue weighted by Gasteiger charge is 2.42. The number of hydrogen-bond acceptors (Lipinski definition) is 5.